The van der Waals surface area contributed by atoms with Crippen LogP contribution in [0.1, 0.15) is 23.1 Å². The highest BCUT2D eigenvalue weighted by Gasteiger charge is 2.26. The standard InChI is InChI=1S/C13H12BrClFNOS/c14-11-4-7(6-19-11)13(18)8(5-17)12-9(15)2-1-3-10(12)16/h1-4,6,8,13,18H,5,17H2. The smallest absolute Gasteiger partial charge is 0.128 e. The molecule has 0 aliphatic heterocycles. The maximum atomic E-state index is 13.9. The molecule has 0 spiro atoms. The van der Waals surface area contributed by atoms with Gasteiger partial charge in [0.2, 0.25) is 0 Å². The Balaban J connectivity index is 2.39. The van der Waals surface area contributed by atoms with Crippen LogP contribution in [0, 0.1) is 5.82 Å². The summed E-state index contributed by atoms with van der Waals surface area (Å²) >= 11 is 10.8. The Hall–Kier alpha value is -0.460. The SMILES string of the molecule is NCC(c1c(F)cccc1Cl)C(O)c1csc(Br)c1. The van der Waals surface area contributed by atoms with Gasteiger partial charge in [0.25, 0.3) is 0 Å². The number of aliphatic hydroxyl groups excluding tert-OH is 1. The van der Waals surface area contributed by atoms with Crippen LogP contribution in [0.15, 0.2) is 33.4 Å². The second kappa shape index (κ2) is 6.33. The molecular weight excluding hydrogens is 353 g/mol. The Morgan fingerprint density at radius 1 is 1.47 bits per heavy atom. The summed E-state index contributed by atoms with van der Waals surface area (Å²) in [5.41, 5.74) is 6.66. The van der Waals surface area contributed by atoms with E-state index in [1.807, 2.05) is 5.38 Å². The minimum Gasteiger partial charge on any atom is -0.388 e. The largest absolute Gasteiger partial charge is 0.388 e. The van der Waals surface area contributed by atoms with Crippen LogP contribution in [-0.4, -0.2) is 11.7 Å². The van der Waals surface area contributed by atoms with Gasteiger partial charge in [-0.05, 0) is 45.1 Å². The van der Waals surface area contributed by atoms with Gasteiger partial charge in [0.1, 0.15) is 5.82 Å². The normalized spacial score (nSPS) is 14.4. The molecule has 1 aromatic carbocycles. The number of nitrogens with two attached hydrogens (primary N) is 1. The van der Waals surface area contributed by atoms with Crippen LogP contribution in [0.2, 0.25) is 5.02 Å². The molecule has 1 heterocycles. The second-order valence-corrected chi connectivity index (χ2v) is 6.80. The maximum Gasteiger partial charge on any atom is 0.128 e. The van der Waals surface area contributed by atoms with Crippen LogP contribution >= 0.6 is 38.9 Å². The fourth-order valence-corrected chi connectivity index (χ4v) is 3.49. The topological polar surface area (TPSA) is 46.2 Å². The van der Waals surface area contributed by atoms with Crippen LogP contribution < -0.4 is 5.73 Å². The Morgan fingerprint density at radius 2 is 2.21 bits per heavy atom. The molecule has 2 unspecified atom stereocenters. The highest BCUT2D eigenvalue weighted by molar-refractivity contribution is 9.11. The molecule has 2 aromatic rings. The van der Waals surface area contributed by atoms with Crippen LogP contribution in [0.25, 0.3) is 0 Å². The van der Waals surface area contributed by atoms with Crippen molar-refractivity contribution in [2.75, 3.05) is 6.54 Å². The first-order valence-electron chi connectivity index (χ1n) is 5.60. The summed E-state index contributed by atoms with van der Waals surface area (Å²) in [6, 6.07) is 6.24. The fraction of sp³-hybridized carbons (Fsp3) is 0.231. The van der Waals surface area contributed by atoms with Gasteiger partial charge < -0.3 is 10.8 Å². The quantitative estimate of drug-likeness (QED) is 0.858. The Labute approximate surface area is 128 Å². The molecule has 0 radical (unpaired) electrons. The maximum absolute atomic E-state index is 13.9. The van der Waals surface area contributed by atoms with E-state index >= 15 is 0 Å². The van der Waals surface area contributed by atoms with Crippen LogP contribution in [0.3, 0.4) is 0 Å². The molecule has 0 saturated carbocycles. The average molecular weight is 365 g/mol. The molecule has 1 aromatic heterocycles. The predicted molar refractivity (Wildman–Crippen MR) is 80.2 cm³/mol. The van der Waals surface area contributed by atoms with Crippen molar-refractivity contribution >= 4 is 38.9 Å². The number of hydrogen-bond acceptors (Lipinski definition) is 3. The second-order valence-electron chi connectivity index (χ2n) is 4.11. The van der Waals surface area contributed by atoms with Crippen molar-refractivity contribution in [2.45, 2.75) is 12.0 Å². The minimum atomic E-state index is -0.887. The van der Waals surface area contributed by atoms with E-state index in [0.29, 0.717) is 5.56 Å². The Morgan fingerprint density at radius 3 is 2.74 bits per heavy atom. The molecule has 0 saturated heterocycles. The summed E-state index contributed by atoms with van der Waals surface area (Å²) in [5, 5.41) is 12.5. The number of hydrogen-bond donors (Lipinski definition) is 2. The first kappa shape index (κ1) is 14.9. The van der Waals surface area contributed by atoms with Crippen LogP contribution in [-0.2, 0) is 0 Å². The zero-order valence-corrected chi connectivity index (χ0v) is 13.0. The van der Waals surface area contributed by atoms with Crippen LogP contribution in [0.4, 0.5) is 4.39 Å². The van der Waals surface area contributed by atoms with Gasteiger partial charge in [0, 0.05) is 23.0 Å². The summed E-state index contributed by atoms with van der Waals surface area (Å²) in [4.78, 5) is 0. The molecule has 0 amide bonds. The minimum absolute atomic E-state index is 0.106. The van der Waals surface area contributed by atoms with Crippen molar-refractivity contribution in [1.29, 1.82) is 0 Å². The lowest BCUT2D eigenvalue weighted by atomic mass is 9.90. The zero-order valence-electron chi connectivity index (χ0n) is 9.82. The highest BCUT2D eigenvalue weighted by Crippen LogP contribution is 2.37. The number of rotatable bonds is 4. The van der Waals surface area contributed by atoms with Gasteiger partial charge in [-0.25, -0.2) is 4.39 Å². The molecule has 2 rings (SSSR count). The highest BCUT2D eigenvalue weighted by atomic mass is 79.9. The van der Waals surface area contributed by atoms with Gasteiger partial charge in [-0.2, -0.15) is 0 Å². The predicted octanol–water partition coefficient (Wildman–Crippen LogP) is 4.08. The van der Waals surface area contributed by atoms with Crippen molar-refractivity contribution in [3.05, 3.63) is 55.4 Å². The third kappa shape index (κ3) is 3.17. The van der Waals surface area contributed by atoms with Gasteiger partial charge in [0.15, 0.2) is 0 Å². The Kier molecular flexibility index (Phi) is 4.97. The van der Waals surface area contributed by atoms with Crippen LogP contribution in [0.5, 0.6) is 0 Å². The average Bonchev–Trinajstić information content (AvgIpc) is 2.80. The van der Waals surface area contributed by atoms with Crippen molar-refractivity contribution in [3.63, 3.8) is 0 Å². The van der Waals surface area contributed by atoms with Crippen molar-refractivity contribution in [1.82, 2.24) is 0 Å². The molecule has 0 fully saturated rings. The molecule has 6 heteroatoms. The summed E-state index contributed by atoms with van der Waals surface area (Å²) in [6.07, 6.45) is -0.887. The van der Waals surface area contributed by atoms with Gasteiger partial charge in [-0.15, -0.1) is 11.3 Å². The van der Waals surface area contributed by atoms with E-state index in [4.69, 9.17) is 17.3 Å². The lowest BCUT2D eigenvalue weighted by Crippen LogP contribution is -2.21. The zero-order chi connectivity index (χ0) is 14.0. The molecule has 0 bridgehead atoms. The van der Waals surface area contributed by atoms with E-state index in [9.17, 15) is 9.50 Å². The molecule has 3 N–H and O–H groups in total. The van der Waals surface area contributed by atoms with E-state index in [2.05, 4.69) is 15.9 Å². The number of halogens is 3. The first-order valence-corrected chi connectivity index (χ1v) is 7.65. The van der Waals surface area contributed by atoms with E-state index < -0.39 is 17.8 Å². The molecular formula is C13H12BrClFNOS. The van der Waals surface area contributed by atoms with Gasteiger partial charge in [0.05, 0.1) is 9.89 Å². The summed E-state index contributed by atoms with van der Waals surface area (Å²) < 4.78 is 14.8. The van der Waals surface area contributed by atoms with Gasteiger partial charge in [-0.1, -0.05) is 17.7 Å². The van der Waals surface area contributed by atoms with Crippen molar-refractivity contribution in [2.24, 2.45) is 5.73 Å². The van der Waals surface area contributed by atoms with E-state index in [0.717, 1.165) is 3.79 Å². The van der Waals surface area contributed by atoms with E-state index in [1.165, 1.54) is 23.5 Å². The lowest BCUT2D eigenvalue weighted by molar-refractivity contribution is 0.146. The van der Waals surface area contributed by atoms with E-state index in [1.54, 1.807) is 12.1 Å². The summed E-state index contributed by atoms with van der Waals surface area (Å²) in [6.45, 7) is 0.106. The monoisotopic (exact) mass is 363 g/mol. The molecule has 0 aliphatic carbocycles. The van der Waals surface area contributed by atoms with Gasteiger partial charge >= 0.3 is 0 Å². The lowest BCUT2D eigenvalue weighted by Gasteiger charge is -2.22. The third-order valence-electron chi connectivity index (χ3n) is 2.93. The number of thiophene rings is 1. The molecule has 2 atom stereocenters. The van der Waals surface area contributed by atoms with E-state index in [-0.39, 0.29) is 17.1 Å². The van der Waals surface area contributed by atoms with Crippen molar-refractivity contribution < 1.29 is 9.50 Å². The van der Waals surface area contributed by atoms with Crippen molar-refractivity contribution in [3.8, 4) is 0 Å². The summed E-state index contributed by atoms with van der Waals surface area (Å²) in [7, 11) is 0. The molecule has 102 valence electrons. The molecule has 2 nitrogen and oxygen atoms in total. The number of aliphatic hydroxyl groups is 1. The molecule has 19 heavy (non-hydrogen) atoms. The van der Waals surface area contributed by atoms with Gasteiger partial charge in [-0.3, -0.25) is 0 Å². The summed E-state index contributed by atoms with van der Waals surface area (Å²) in [5.74, 6) is -1.02. The fourth-order valence-electron chi connectivity index (χ4n) is 1.98. The molecule has 0 aliphatic rings. The Bertz CT molecular complexity index is 557. The number of benzene rings is 1. The first-order chi connectivity index (χ1) is 9.04. The third-order valence-corrected chi connectivity index (χ3v) is 4.79.